The Morgan fingerprint density at radius 2 is 1.12 bits per heavy atom. The van der Waals surface area contributed by atoms with Gasteiger partial charge in [0.05, 0.1) is 16.7 Å². The van der Waals surface area contributed by atoms with Crippen LogP contribution in [0.1, 0.15) is 0 Å². The Morgan fingerprint density at radius 3 is 1.85 bits per heavy atom. The van der Waals surface area contributed by atoms with Gasteiger partial charge in [-0.05, 0) is 41.2 Å². The maximum absolute atomic E-state index is 6.86. The van der Waals surface area contributed by atoms with Crippen molar-refractivity contribution in [3.63, 3.8) is 0 Å². The van der Waals surface area contributed by atoms with E-state index in [1.807, 2.05) is 11.3 Å². The normalized spacial score (nSPS) is 13.3. The first-order valence-electron chi connectivity index (χ1n) is 13.4. The molecule has 10 rings (SSSR count). The third-order valence-electron chi connectivity index (χ3n) is 8.36. The average Bonchev–Trinajstić information content (AvgIpc) is 3.66. The molecule has 0 atom stereocenters. The lowest BCUT2D eigenvalue weighted by atomic mass is 9.38. The highest BCUT2D eigenvalue weighted by molar-refractivity contribution is 7.34. The number of benzene rings is 5. The van der Waals surface area contributed by atoms with Gasteiger partial charge in [-0.25, -0.2) is 0 Å². The molecule has 0 unspecified atom stereocenters. The van der Waals surface area contributed by atoms with Gasteiger partial charge in [-0.15, -0.1) is 11.3 Å². The number of para-hydroxylation sites is 2. The number of hydrogen-bond donors (Lipinski definition) is 0. The average molecular weight is 547 g/mol. The van der Waals surface area contributed by atoms with Crippen LogP contribution < -0.4 is 25.2 Å². The molecule has 0 saturated heterocycles. The Bertz CT molecular complexity index is 2310. The highest BCUT2D eigenvalue weighted by Crippen LogP contribution is 2.45. The van der Waals surface area contributed by atoms with Crippen molar-refractivity contribution in [2.24, 2.45) is 0 Å². The van der Waals surface area contributed by atoms with Gasteiger partial charge in [0.15, 0.2) is 5.06 Å². The summed E-state index contributed by atoms with van der Waals surface area (Å²) >= 11 is 3.58. The highest BCUT2D eigenvalue weighted by Gasteiger charge is 2.44. The number of aromatic nitrogens is 1. The van der Waals surface area contributed by atoms with Crippen LogP contribution in [0.3, 0.4) is 0 Å². The summed E-state index contributed by atoms with van der Waals surface area (Å²) in [6.07, 6.45) is 0. The van der Waals surface area contributed by atoms with Gasteiger partial charge >= 0.3 is 0 Å². The molecule has 0 spiro atoms. The van der Waals surface area contributed by atoms with E-state index in [0.29, 0.717) is 0 Å². The maximum atomic E-state index is 6.86. The van der Waals surface area contributed by atoms with E-state index < -0.39 is 0 Å². The van der Waals surface area contributed by atoms with Crippen molar-refractivity contribution in [2.45, 2.75) is 0 Å². The Hall–Kier alpha value is -4.52. The summed E-state index contributed by atoms with van der Waals surface area (Å²) in [6, 6.07) is 38.9. The van der Waals surface area contributed by atoms with Crippen molar-refractivity contribution in [1.29, 1.82) is 0 Å². The minimum absolute atomic E-state index is 0.0678. The Kier molecular flexibility index (Phi) is 4.03. The van der Waals surface area contributed by atoms with Crippen LogP contribution >= 0.6 is 22.7 Å². The molecular weight excluding hydrogens is 529 g/mol. The van der Waals surface area contributed by atoms with Gasteiger partial charge in [0.25, 0.3) is 6.71 Å². The van der Waals surface area contributed by atoms with Crippen LogP contribution in [0.4, 0.5) is 0 Å². The fraction of sp³-hybridized carbons (Fsp3) is 0. The van der Waals surface area contributed by atoms with Crippen LogP contribution in [0.15, 0.2) is 109 Å². The SMILES string of the molecule is c1ccc2c3c(sc2c1)B1c2c(cc(-n4c5ccccc5c5ccccc54)cc2O3)Oc2sc3ccccc3c21. The minimum Gasteiger partial charge on any atom is -0.457 e. The summed E-state index contributed by atoms with van der Waals surface area (Å²) in [4.78, 5) is 0. The van der Waals surface area contributed by atoms with E-state index in [9.17, 15) is 0 Å². The fourth-order valence-corrected chi connectivity index (χ4v) is 9.07. The van der Waals surface area contributed by atoms with Gasteiger partial charge in [0.2, 0.25) is 0 Å². The first-order chi connectivity index (χ1) is 19.8. The zero-order chi connectivity index (χ0) is 25.9. The molecule has 0 bridgehead atoms. The number of rotatable bonds is 1. The molecule has 8 aromatic rings. The Balaban J connectivity index is 1.31. The minimum atomic E-state index is 0.0678. The molecule has 2 aliphatic heterocycles. The van der Waals surface area contributed by atoms with E-state index in [4.69, 9.17) is 9.47 Å². The van der Waals surface area contributed by atoms with Gasteiger partial charge in [-0.3, -0.25) is 0 Å². The van der Waals surface area contributed by atoms with Gasteiger partial charge in [-0.2, -0.15) is 0 Å². The molecule has 0 aliphatic carbocycles. The van der Waals surface area contributed by atoms with Crippen LogP contribution in [0, 0.1) is 0 Å². The summed E-state index contributed by atoms with van der Waals surface area (Å²) in [5.74, 6) is 2.73. The quantitative estimate of drug-likeness (QED) is 0.195. The maximum Gasteiger partial charge on any atom is 0.275 e. The van der Waals surface area contributed by atoms with E-state index in [2.05, 4.69) is 114 Å². The summed E-state index contributed by atoms with van der Waals surface area (Å²) in [5.41, 5.74) is 5.76. The number of fused-ring (bicyclic) bond motifs is 11. The number of nitrogens with zero attached hydrogens (tertiary/aromatic N) is 1. The second-order valence-corrected chi connectivity index (χ2v) is 12.6. The van der Waals surface area contributed by atoms with E-state index in [-0.39, 0.29) is 6.71 Å². The van der Waals surface area contributed by atoms with Crippen molar-refractivity contribution < 1.29 is 9.47 Å². The van der Waals surface area contributed by atoms with E-state index in [0.717, 1.165) is 33.5 Å². The Morgan fingerprint density at radius 1 is 0.550 bits per heavy atom. The molecule has 186 valence electrons. The summed E-state index contributed by atoms with van der Waals surface area (Å²) in [7, 11) is 0. The zero-order valence-electron chi connectivity index (χ0n) is 21.0. The molecule has 3 aromatic heterocycles. The predicted octanol–water partition coefficient (Wildman–Crippen LogP) is 7.94. The van der Waals surface area contributed by atoms with Crippen molar-refractivity contribution in [2.75, 3.05) is 0 Å². The molecule has 6 heteroatoms. The van der Waals surface area contributed by atoms with Gasteiger partial charge in [-0.1, -0.05) is 78.1 Å². The zero-order valence-corrected chi connectivity index (χ0v) is 22.7. The number of hydrogen-bond acceptors (Lipinski definition) is 4. The highest BCUT2D eigenvalue weighted by atomic mass is 32.1. The van der Waals surface area contributed by atoms with Gasteiger partial charge < -0.3 is 14.0 Å². The predicted molar refractivity (Wildman–Crippen MR) is 169 cm³/mol. The van der Waals surface area contributed by atoms with Crippen LogP contribution in [-0.4, -0.2) is 11.3 Å². The molecule has 0 radical (unpaired) electrons. The first kappa shape index (κ1) is 21.3. The Labute approximate surface area is 237 Å². The molecule has 0 saturated carbocycles. The number of ether oxygens (including phenoxy) is 2. The van der Waals surface area contributed by atoms with E-state index >= 15 is 0 Å². The smallest absolute Gasteiger partial charge is 0.275 e. The molecule has 5 aromatic carbocycles. The lowest BCUT2D eigenvalue weighted by Gasteiger charge is -2.30. The lowest BCUT2D eigenvalue weighted by Crippen LogP contribution is -2.56. The van der Waals surface area contributed by atoms with E-state index in [1.54, 1.807) is 11.3 Å². The lowest BCUT2D eigenvalue weighted by molar-refractivity contribution is 0.474. The third-order valence-corrected chi connectivity index (χ3v) is 10.6. The summed E-state index contributed by atoms with van der Waals surface area (Å²) in [6.45, 7) is 0.0678. The van der Waals surface area contributed by atoms with Crippen molar-refractivity contribution in [3.05, 3.63) is 109 Å². The molecule has 3 nitrogen and oxygen atoms in total. The monoisotopic (exact) mass is 547 g/mol. The summed E-state index contributed by atoms with van der Waals surface area (Å²) < 4.78 is 19.7. The molecule has 5 heterocycles. The number of thiophene rings is 2. The summed E-state index contributed by atoms with van der Waals surface area (Å²) in [5, 5.41) is 5.89. The van der Waals surface area contributed by atoms with Gasteiger partial charge in [0.1, 0.15) is 17.2 Å². The second-order valence-electron chi connectivity index (χ2n) is 10.5. The van der Waals surface area contributed by atoms with Crippen LogP contribution in [0.5, 0.6) is 22.3 Å². The largest absolute Gasteiger partial charge is 0.457 e. The molecule has 40 heavy (non-hydrogen) atoms. The van der Waals surface area contributed by atoms with Crippen LogP contribution in [-0.2, 0) is 0 Å². The fourth-order valence-electron chi connectivity index (χ4n) is 6.71. The van der Waals surface area contributed by atoms with E-state index in [1.165, 1.54) is 52.2 Å². The molecule has 2 aliphatic rings. The van der Waals surface area contributed by atoms with Crippen molar-refractivity contribution in [1.82, 2.24) is 4.57 Å². The van der Waals surface area contributed by atoms with Crippen LogP contribution in [0.2, 0.25) is 0 Å². The molecule has 0 fully saturated rings. The van der Waals surface area contributed by atoms with Crippen molar-refractivity contribution in [3.8, 4) is 28.0 Å². The first-order valence-corrected chi connectivity index (χ1v) is 15.0. The standard InChI is InChI=1S/C34H18BNO2S2/c1-5-13-24-20(9-1)21-10-2-6-14-25(21)36(24)19-17-26-31-27(18-19)38-34-30(22-11-3-7-15-28(22)40-34)35(31)33-32(37-26)23-12-4-8-16-29(23)39-33/h1-18H. The van der Waals surface area contributed by atoms with Crippen LogP contribution in [0.25, 0.3) is 47.7 Å². The molecular formula is C34H18BNO2S2. The third kappa shape index (κ3) is 2.65. The van der Waals surface area contributed by atoms with Gasteiger partial charge in [0, 0.05) is 47.9 Å². The molecule has 0 N–H and O–H groups in total. The van der Waals surface area contributed by atoms with Crippen molar-refractivity contribution >= 4 is 87.1 Å². The molecule has 0 amide bonds. The second kappa shape index (κ2) is 7.57. The topological polar surface area (TPSA) is 23.4 Å².